The predicted molar refractivity (Wildman–Crippen MR) is 103 cm³/mol. The molecule has 0 aliphatic rings. The third-order valence-corrected chi connectivity index (χ3v) is 4.54. The number of ether oxygens (including phenoxy) is 1. The van der Waals surface area contributed by atoms with E-state index in [1.807, 2.05) is 31.2 Å². The third-order valence-electron chi connectivity index (χ3n) is 3.72. The van der Waals surface area contributed by atoms with Crippen LogP contribution < -0.4 is 10.1 Å². The second-order valence-corrected chi connectivity index (χ2v) is 6.65. The molecule has 0 aliphatic heterocycles. The molecule has 1 heterocycles. The number of carbonyl (C=O) groups excluding carboxylic acids is 1. The highest BCUT2D eigenvalue weighted by Crippen LogP contribution is 2.29. The number of carbonyl (C=O) groups is 1. The van der Waals surface area contributed by atoms with E-state index in [0.717, 1.165) is 22.9 Å². The van der Waals surface area contributed by atoms with Gasteiger partial charge in [0, 0.05) is 5.56 Å². The Hall–Kier alpha value is -3.40. The molecule has 9 nitrogen and oxygen atoms in total. The zero-order chi connectivity index (χ0) is 20.1. The molecule has 2 aromatic carbocycles. The summed E-state index contributed by atoms with van der Waals surface area (Å²) in [5, 5.41) is 17.8. The first-order valence-corrected chi connectivity index (χ1v) is 9.10. The summed E-state index contributed by atoms with van der Waals surface area (Å²) in [6.45, 7) is 1.98. The molecule has 0 unspecified atom stereocenters. The lowest BCUT2D eigenvalue weighted by Crippen LogP contribution is -2.15. The Labute approximate surface area is 164 Å². The number of nitro groups is 1. The minimum atomic E-state index is -0.586. The SMILES string of the molecule is COc1ccc(NC(=O)CSc2nc(-c3ccc(C)cc3)no2)c([N+](=O)[O-])c1. The van der Waals surface area contributed by atoms with Crippen molar-refractivity contribution in [3.63, 3.8) is 0 Å². The van der Waals surface area contributed by atoms with E-state index in [0.29, 0.717) is 11.6 Å². The maximum absolute atomic E-state index is 12.2. The van der Waals surface area contributed by atoms with Gasteiger partial charge in [0.2, 0.25) is 11.7 Å². The summed E-state index contributed by atoms with van der Waals surface area (Å²) in [4.78, 5) is 27.0. The molecule has 0 aliphatic carbocycles. The number of nitro benzene ring substituents is 1. The van der Waals surface area contributed by atoms with Gasteiger partial charge in [0.25, 0.3) is 10.9 Å². The van der Waals surface area contributed by atoms with Gasteiger partial charge in [-0.3, -0.25) is 14.9 Å². The number of anilines is 1. The fourth-order valence-corrected chi connectivity index (χ4v) is 2.86. The summed E-state index contributed by atoms with van der Waals surface area (Å²) in [5.41, 5.74) is 1.75. The van der Waals surface area contributed by atoms with Gasteiger partial charge in [0.1, 0.15) is 11.4 Å². The smallest absolute Gasteiger partial charge is 0.296 e. The Bertz CT molecular complexity index is 1000. The number of benzene rings is 2. The molecule has 0 saturated heterocycles. The van der Waals surface area contributed by atoms with E-state index in [4.69, 9.17) is 9.26 Å². The molecular weight excluding hydrogens is 384 g/mol. The molecule has 0 spiro atoms. The van der Waals surface area contributed by atoms with Crippen LogP contribution in [0.5, 0.6) is 5.75 Å². The van der Waals surface area contributed by atoms with Gasteiger partial charge in [-0.1, -0.05) is 46.7 Å². The molecule has 0 atom stereocenters. The standard InChI is InChI=1S/C18H16N4O5S/c1-11-3-5-12(6-4-11)17-20-18(27-21-17)28-10-16(23)19-14-8-7-13(26-2)9-15(14)22(24)25/h3-9H,10H2,1-2H3,(H,19,23). The maximum Gasteiger partial charge on any atom is 0.296 e. The zero-order valence-electron chi connectivity index (χ0n) is 15.0. The summed E-state index contributed by atoms with van der Waals surface area (Å²) in [7, 11) is 1.41. The second kappa shape index (κ2) is 8.53. The van der Waals surface area contributed by atoms with Crippen LogP contribution in [-0.4, -0.2) is 33.8 Å². The van der Waals surface area contributed by atoms with Crippen molar-refractivity contribution >= 4 is 29.0 Å². The first-order valence-electron chi connectivity index (χ1n) is 8.12. The van der Waals surface area contributed by atoms with Crippen LogP contribution in [0.25, 0.3) is 11.4 Å². The Kier molecular flexibility index (Phi) is 5.90. The number of aromatic nitrogens is 2. The van der Waals surface area contributed by atoms with Crippen LogP contribution in [0.2, 0.25) is 0 Å². The van der Waals surface area contributed by atoms with Crippen LogP contribution in [0.3, 0.4) is 0 Å². The Morgan fingerprint density at radius 2 is 2.04 bits per heavy atom. The second-order valence-electron chi connectivity index (χ2n) is 5.73. The van der Waals surface area contributed by atoms with Gasteiger partial charge in [-0.2, -0.15) is 4.98 Å². The molecule has 10 heteroatoms. The topological polar surface area (TPSA) is 120 Å². The highest BCUT2D eigenvalue weighted by Gasteiger charge is 2.18. The average Bonchev–Trinajstić information content (AvgIpc) is 3.16. The molecule has 1 aromatic heterocycles. The van der Waals surface area contributed by atoms with E-state index in [2.05, 4.69) is 15.5 Å². The summed E-state index contributed by atoms with van der Waals surface area (Å²) >= 11 is 1.04. The number of amides is 1. The monoisotopic (exact) mass is 400 g/mol. The normalized spacial score (nSPS) is 10.5. The van der Waals surface area contributed by atoms with E-state index in [1.54, 1.807) is 0 Å². The molecule has 1 amide bonds. The summed E-state index contributed by atoms with van der Waals surface area (Å²) in [5.74, 6) is 0.272. The van der Waals surface area contributed by atoms with Crippen molar-refractivity contribution in [1.82, 2.24) is 10.1 Å². The van der Waals surface area contributed by atoms with Gasteiger partial charge in [0.05, 0.1) is 23.9 Å². The fourth-order valence-electron chi connectivity index (χ4n) is 2.30. The molecule has 0 saturated carbocycles. The highest BCUT2D eigenvalue weighted by atomic mass is 32.2. The number of hydrogen-bond acceptors (Lipinski definition) is 8. The van der Waals surface area contributed by atoms with Crippen LogP contribution in [-0.2, 0) is 4.79 Å². The molecule has 0 bridgehead atoms. The summed E-state index contributed by atoms with van der Waals surface area (Å²) < 4.78 is 10.1. The van der Waals surface area contributed by atoms with Crippen LogP contribution in [0.1, 0.15) is 5.56 Å². The fraction of sp³-hybridized carbons (Fsp3) is 0.167. The molecular formula is C18H16N4O5S. The van der Waals surface area contributed by atoms with Crippen LogP contribution in [0, 0.1) is 17.0 Å². The minimum Gasteiger partial charge on any atom is -0.496 e. The minimum absolute atomic E-state index is 0.0429. The van der Waals surface area contributed by atoms with Crippen molar-refractivity contribution in [2.24, 2.45) is 0 Å². The lowest BCUT2D eigenvalue weighted by atomic mass is 10.1. The van der Waals surface area contributed by atoms with Gasteiger partial charge < -0.3 is 14.6 Å². The Balaban J connectivity index is 1.62. The molecule has 0 fully saturated rings. The van der Waals surface area contributed by atoms with Crippen LogP contribution in [0.15, 0.2) is 52.2 Å². The summed E-state index contributed by atoms with van der Waals surface area (Å²) in [6.07, 6.45) is 0. The predicted octanol–water partition coefficient (Wildman–Crippen LogP) is 3.69. The molecule has 3 aromatic rings. The van der Waals surface area contributed by atoms with Crippen LogP contribution in [0.4, 0.5) is 11.4 Å². The molecule has 28 heavy (non-hydrogen) atoms. The van der Waals surface area contributed by atoms with Gasteiger partial charge >= 0.3 is 0 Å². The molecule has 0 radical (unpaired) electrons. The molecule has 144 valence electrons. The van der Waals surface area contributed by atoms with E-state index >= 15 is 0 Å². The number of nitrogens with zero attached hydrogens (tertiary/aromatic N) is 3. The average molecular weight is 400 g/mol. The van der Waals surface area contributed by atoms with Crippen molar-refractivity contribution in [3.05, 3.63) is 58.1 Å². The highest BCUT2D eigenvalue weighted by molar-refractivity contribution is 7.99. The number of nitrogens with one attached hydrogen (secondary N) is 1. The van der Waals surface area contributed by atoms with Gasteiger partial charge in [-0.05, 0) is 19.1 Å². The Morgan fingerprint density at radius 3 is 2.71 bits per heavy atom. The molecule has 1 N–H and O–H groups in total. The van der Waals surface area contributed by atoms with E-state index in [9.17, 15) is 14.9 Å². The number of methoxy groups -OCH3 is 1. The van der Waals surface area contributed by atoms with E-state index < -0.39 is 10.8 Å². The number of thioether (sulfide) groups is 1. The quantitative estimate of drug-likeness (QED) is 0.362. The number of aryl methyl sites for hydroxylation is 1. The zero-order valence-corrected chi connectivity index (χ0v) is 15.9. The Morgan fingerprint density at radius 1 is 1.29 bits per heavy atom. The number of hydrogen-bond donors (Lipinski definition) is 1. The van der Waals surface area contributed by atoms with Crippen LogP contribution >= 0.6 is 11.8 Å². The van der Waals surface area contributed by atoms with Gasteiger partial charge in [-0.25, -0.2) is 0 Å². The first kappa shape index (κ1) is 19.4. The van der Waals surface area contributed by atoms with Gasteiger partial charge in [0.15, 0.2) is 0 Å². The van der Waals surface area contributed by atoms with E-state index in [-0.39, 0.29) is 22.4 Å². The third kappa shape index (κ3) is 4.65. The molecule has 3 rings (SSSR count). The maximum atomic E-state index is 12.2. The lowest BCUT2D eigenvalue weighted by Gasteiger charge is -2.06. The van der Waals surface area contributed by atoms with Crippen molar-refractivity contribution < 1.29 is 19.0 Å². The van der Waals surface area contributed by atoms with Gasteiger partial charge in [-0.15, -0.1) is 0 Å². The summed E-state index contributed by atoms with van der Waals surface area (Å²) in [6, 6.07) is 11.8. The van der Waals surface area contributed by atoms with Crippen molar-refractivity contribution in [2.75, 3.05) is 18.2 Å². The number of rotatable bonds is 7. The lowest BCUT2D eigenvalue weighted by molar-refractivity contribution is -0.384. The van der Waals surface area contributed by atoms with Crippen molar-refractivity contribution in [3.8, 4) is 17.1 Å². The van der Waals surface area contributed by atoms with Crippen molar-refractivity contribution in [1.29, 1.82) is 0 Å². The van der Waals surface area contributed by atoms with Crippen molar-refractivity contribution in [2.45, 2.75) is 12.1 Å². The first-order chi connectivity index (χ1) is 13.5. The largest absolute Gasteiger partial charge is 0.496 e. The van der Waals surface area contributed by atoms with E-state index in [1.165, 1.54) is 25.3 Å².